The molecule has 0 aliphatic carbocycles. The third kappa shape index (κ3) is 4.08. The van der Waals surface area contributed by atoms with E-state index >= 15 is 0 Å². The van der Waals surface area contributed by atoms with Crippen LogP contribution >= 0.6 is 0 Å². The molecule has 1 aliphatic rings. The number of rotatable bonds is 6. The predicted molar refractivity (Wildman–Crippen MR) is 61.0 cm³/mol. The number of carbonyl (C=O) groups excluding carboxylic acids is 1. The molecule has 5 heteroatoms. The normalized spacial score (nSPS) is 20.2. The average molecular weight is 230 g/mol. The van der Waals surface area contributed by atoms with E-state index in [-0.39, 0.29) is 12.5 Å². The molecule has 5 nitrogen and oxygen atoms in total. The van der Waals surface area contributed by atoms with Crippen LogP contribution in [0.2, 0.25) is 0 Å². The van der Waals surface area contributed by atoms with Crippen molar-refractivity contribution in [3.8, 4) is 0 Å². The van der Waals surface area contributed by atoms with Gasteiger partial charge in [0.05, 0.1) is 19.3 Å². The third-order valence-electron chi connectivity index (χ3n) is 2.86. The monoisotopic (exact) mass is 230 g/mol. The summed E-state index contributed by atoms with van der Waals surface area (Å²) in [7, 11) is 0. The quantitative estimate of drug-likeness (QED) is 0.632. The fourth-order valence-electron chi connectivity index (χ4n) is 1.85. The molecule has 0 saturated carbocycles. The molecule has 0 bridgehead atoms. The van der Waals surface area contributed by atoms with E-state index in [0.29, 0.717) is 13.1 Å². The Bertz CT molecular complexity index is 223. The molecule has 1 fully saturated rings. The highest BCUT2D eigenvalue weighted by molar-refractivity contribution is 5.79. The average Bonchev–Trinajstić information content (AvgIpc) is 2.28. The number of nitrogens with zero attached hydrogens (tertiary/aromatic N) is 2. The molecule has 1 atom stereocenters. The number of aliphatic hydroxyl groups excluding tert-OH is 2. The molecule has 0 aromatic carbocycles. The first-order valence-electron chi connectivity index (χ1n) is 5.96. The van der Waals surface area contributed by atoms with Gasteiger partial charge in [-0.1, -0.05) is 13.3 Å². The van der Waals surface area contributed by atoms with Crippen LogP contribution < -0.4 is 0 Å². The molecule has 1 aliphatic heterocycles. The SMILES string of the molecule is CCCCN1CCN(C[C@H](O)CO)CC1=O. The highest BCUT2D eigenvalue weighted by Crippen LogP contribution is 2.05. The summed E-state index contributed by atoms with van der Waals surface area (Å²) in [6, 6.07) is 0. The van der Waals surface area contributed by atoms with E-state index in [1.54, 1.807) is 0 Å². The maximum atomic E-state index is 11.7. The van der Waals surface area contributed by atoms with Crippen molar-refractivity contribution < 1.29 is 15.0 Å². The lowest BCUT2D eigenvalue weighted by atomic mass is 10.2. The summed E-state index contributed by atoms with van der Waals surface area (Å²) in [5, 5.41) is 18.0. The van der Waals surface area contributed by atoms with E-state index in [2.05, 4.69) is 6.92 Å². The van der Waals surface area contributed by atoms with Crippen molar-refractivity contribution in [2.45, 2.75) is 25.9 Å². The van der Waals surface area contributed by atoms with Gasteiger partial charge < -0.3 is 15.1 Å². The Hall–Kier alpha value is -0.650. The minimum absolute atomic E-state index is 0.129. The highest BCUT2D eigenvalue weighted by Gasteiger charge is 2.24. The maximum absolute atomic E-state index is 11.7. The number of hydrogen-bond donors (Lipinski definition) is 2. The number of β-amino-alcohol motifs (C(OH)–C–C–N with tert-alkyl or cyclic N) is 1. The summed E-state index contributed by atoms with van der Waals surface area (Å²) < 4.78 is 0. The molecule has 1 rings (SSSR count). The van der Waals surface area contributed by atoms with Gasteiger partial charge in [-0.05, 0) is 6.42 Å². The second kappa shape index (κ2) is 6.83. The van der Waals surface area contributed by atoms with Gasteiger partial charge in [-0.25, -0.2) is 0 Å². The van der Waals surface area contributed by atoms with Crippen LogP contribution in [0, 0.1) is 0 Å². The molecule has 0 spiro atoms. The Kier molecular flexibility index (Phi) is 5.73. The van der Waals surface area contributed by atoms with Crippen LogP contribution in [0.15, 0.2) is 0 Å². The van der Waals surface area contributed by atoms with E-state index in [0.717, 1.165) is 32.5 Å². The molecule has 1 amide bonds. The van der Waals surface area contributed by atoms with E-state index < -0.39 is 6.10 Å². The molecular formula is C11H22N2O3. The fraction of sp³-hybridized carbons (Fsp3) is 0.909. The van der Waals surface area contributed by atoms with Crippen molar-refractivity contribution in [2.75, 3.05) is 39.3 Å². The third-order valence-corrected chi connectivity index (χ3v) is 2.86. The molecule has 16 heavy (non-hydrogen) atoms. The topological polar surface area (TPSA) is 64.0 Å². The van der Waals surface area contributed by atoms with Gasteiger partial charge in [0, 0.05) is 26.2 Å². The number of amides is 1. The van der Waals surface area contributed by atoms with Crippen LogP contribution in [0.4, 0.5) is 0 Å². The Labute approximate surface area is 96.7 Å². The molecular weight excluding hydrogens is 208 g/mol. The predicted octanol–water partition coefficient (Wildman–Crippen LogP) is -0.716. The van der Waals surface area contributed by atoms with Crippen LogP contribution in [-0.4, -0.2) is 71.4 Å². The molecule has 0 unspecified atom stereocenters. The Morgan fingerprint density at radius 3 is 2.75 bits per heavy atom. The number of piperazine rings is 1. The van der Waals surface area contributed by atoms with Gasteiger partial charge in [-0.2, -0.15) is 0 Å². The zero-order chi connectivity index (χ0) is 12.0. The number of unbranched alkanes of at least 4 members (excludes halogenated alkanes) is 1. The van der Waals surface area contributed by atoms with Crippen LogP contribution in [0.25, 0.3) is 0 Å². The standard InChI is InChI=1S/C11H22N2O3/c1-2-3-4-13-6-5-12(8-11(13)16)7-10(15)9-14/h10,14-15H,2-9H2,1H3/t10-/m0/s1. The van der Waals surface area contributed by atoms with Gasteiger partial charge in [0.25, 0.3) is 0 Å². The minimum Gasteiger partial charge on any atom is -0.394 e. The molecule has 1 heterocycles. The van der Waals surface area contributed by atoms with Crippen LogP contribution in [-0.2, 0) is 4.79 Å². The lowest BCUT2D eigenvalue weighted by molar-refractivity contribution is -0.136. The molecule has 1 saturated heterocycles. The van der Waals surface area contributed by atoms with E-state index in [1.807, 2.05) is 9.80 Å². The molecule has 0 aromatic rings. The van der Waals surface area contributed by atoms with E-state index in [4.69, 9.17) is 5.11 Å². The maximum Gasteiger partial charge on any atom is 0.236 e. The molecule has 0 radical (unpaired) electrons. The minimum atomic E-state index is -0.741. The van der Waals surface area contributed by atoms with Crippen molar-refractivity contribution in [3.63, 3.8) is 0 Å². The Balaban J connectivity index is 2.30. The Morgan fingerprint density at radius 2 is 2.19 bits per heavy atom. The van der Waals surface area contributed by atoms with Crippen molar-refractivity contribution >= 4 is 5.91 Å². The van der Waals surface area contributed by atoms with Crippen molar-refractivity contribution in [1.82, 2.24) is 9.80 Å². The smallest absolute Gasteiger partial charge is 0.236 e. The van der Waals surface area contributed by atoms with E-state index in [1.165, 1.54) is 0 Å². The zero-order valence-electron chi connectivity index (χ0n) is 9.93. The first-order chi connectivity index (χ1) is 7.67. The van der Waals surface area contributed by atoms with Crippen molar-refractivity contribution in [1.29, 1.82) is 0 Å². The lowest BCUT2D eigenvalue weighted by Crippen LogP contribution is -2.52. The first kappa shape index (κ1) is 13.4. The second-order valence-electron chi connectivity index (χ2n) is 4.31. The molecule has 94 valence electrons. The van der Waals surface area contributed by atoms with Crippen molar-refractivity contribution in [2.24, 2.45) is 0 Å². The number of carbonyl (C=O) groups is 1. The van der Waals surface area contributed by atoms with Crippen molar-refractivity contribution in [3.05, 3.63) is 0 Å². The van der Waals surface area contributed by atoms with Gasteiger partial charge in [-0.15, -0.1) is 0 Å². The largest absolute Gasteiger partial charge is 0.394 e. The molecule has 2 N–H and O–H groups in total. The Morgan fingerprint density at radius 1 is 1.44 bits per heavy atom. The van der Waals surface area contributed by atoms with Crippen LogP contribution in [0.1, 0.15) is 19.8 Å². The first-order valence-corrected chi connectivity index (χ1v) is 5.96. The van der Waals surface area contributed by atoms with Gasteiger partial charge in [-0.3, -0.25) is 9.69 Å². The summed E-state index contributed by atoms with van der Waals surface area (Å²) in [6.07, 6.45) is 1.40. The van der Waals surface area contributed by atoms with E-state index in [9.17, 15) is 9.90 Å². The van der Waals surface area contributed by atoms with Crippen LogP contribution in [0.3, 0.4) is 0 Å². The fourth-order valence-corrected chi connectivity index (χ4v) is 1.85. The van der Waals surface area contributed by atoms with Gasteiger partial charge in [0.15, 0.2) is 0 Å². The summed E-state index contributed by atoms with van der Waals surface area (Å²) in [5.41, 5.74) is 0. The van der Waals surface area contributed by atoms with Crippen LogP contribution in [0.5, 0.6) is 0 Å². The van der Waals surface area contributed by atoms with Gasteiger partial charge in [0.2, 0.25) is 5.91 Å². The summed E-state index contributed by atoms with van der Waals surface area (Å²) in [6.45, 7) is 4.96. The molecule has 0 aromatic heterocycles. The number of hydrogen-bond acceptors (Lipinski definition) is 4. The number of aliphatic hydroxyl groups is 2. The van der Waals surface area contributed by atoms with Gasteiger partial charge >= 0.3 is 0 Å². The summed E-state index contributed by atoms with van der Waals surface area (Å²) >= 11 is 0. The summed E-state index contributed by atoms with van der Waals surface area (Å²) in [4.78, 5) is 15.5. The zero-order valence-corrected chi connectivity index (χ0v) is 9.93. The summed E-state index contributed by atoms with van der Waals surface area (Å²) in [5.74, 6) is 0.129. The second-order valence-corrected chi connectivity index (χ2v) is 4.31. The highest BCUT2D eigenvalue weighted by atomic mass is 16.3. The lowest BCUT2D eigenvalue weighted by Gasteiger charge is -2.35. The van der Waals surface area contributed by atoms with Gasteiger partial charge in [0.1, 0.15) is 0 Å².